The third-order valence-electron chi connectivity index (χ3n) is 2.29. The zero-order valence-electron chi connectivity index (χ0n) is 8.94. The summed E-state index contributed by atoms with van der Waals surface area (Å²) in [5, 5.41) is 0. The Balaban J connectivity index is 3.26. The Labute approximate surface area is 96.8 Å². The fraction of sp³-hybridized carbons (Fsp3) is 0.455. The minimum Gasteiger partial charge on any atom is -0.323 e. The number of rotatable bonds is 1. The SMILES string of the molecule is CC(C)(C)C(N)c1c(F)cc(Br)cc1F. The van der Waals surface area contributed by atoms with Crippen molar-refractivity contribution in [3.8, 4) is 0 Å². The van der Waals surface area contributed by atoms with E-state index in [1.165, 1.54) is 12.1 Å². The van der Waals surface area contributed by atoms with Crippen LogP contribution in [-0.2, 0) is 0 Å². The van der Waals surface area contributed by atoms with E-state index in [0.717, 1.165) is 0 Å². The van der Waals surface area contributed by atoms with Crippen molar-refractivity contribution in [3.05, 3.63) is 33.8 Å². The zero-order chi connectivity index (χ0) is 11.8. The average Bonchev–Trinajstić information content (AvgIpc) is 1.99. The minimum absolute atomic E-state index is 0.0503. The molecule has 0 bridgehead atoms. The molecule has 1 nitrogen and oxygen atoms in total. The van der Waals surface area contributed by atoms with Gasteiger partial charge in [0, 0.05) is 16.1 Å². The van der Waals surface area contributed by atoms with Gasteiger partial charge in [0.2, 0.25) is 0 Å². The van der Waals surface area contributed by atoms with Crippen molar-refractivity contribution >= 4 is 15.9 Å². The van der Waals surface area contributed by atoms with Crippen LogP contribution in [0.1, 0.15) is 32.4 Å². The van der Waals surface area contributed by atoms with Gasteiger partial charge in [-0.25, -0.2) is 8.78 Å². The predicted octanol–water partition coefficient (Wildman–Crippen LogP) is 3.77. The van der Waals surface area contributed by atoms with Crippen molar-refractivity contribution in [3.63, 3.8) is 0 Å². The summed E-state index contributed by atoms with van der Waals surface area (Å²) in [7, 11) is 0. The quantitative estimate of drug-likeness (QED) is 0.831. The molecule has 84 valence electrons. The molecule has 1 aromatic carbocycles. The first-order valence-corrected chi connectivity index (χ1v) is 5.43. The topological polar surface area (TPSA) is 26.0 Å². The zero-order valence-corrected chi connectivity index (χ0v) is 10.5. The van der Waals surface area contributed by atoms with Crippen LogP contribution in [0.2, 0.25) is 0 Å². The van der Waals surface area contributed by atoms with Crippen LogP contribution >= 0.6 is 15.9 Å². The molecule has 0 radical (unpaired) electrons. The molecule has 15 heavy (non-hydrogen) atoms. The van der Waals surface area contributed by atoms with Crippen LogP contribution in [0, 0.1) is 17.0 Å². The number of halogens is 3. The predicted molar refractivity (Wildman–Crippen MR) is 60.4 cm³/mol. The van der Waals surface area contributed by atoms with Crippen molar-refractivity contribution in [2.45, 2.75) is 26.8 Å². The van der Waals surface area contributed by atoms with Crippen molar-refractivity contribution in [2.24, 2.45) is 11.1 Å². The molecule has 4 heteroatoms. The molecule has 1 rings (SSSR count). The van der Waals surface area contributed by atoms with Crippen LogP contribution in [0.4, 0.5) is 8.78 Å². The van der Waals surface area contributed by atoms with Gasteiger partial charge in [-0.15, -0.1) is 0 Å². The summed E-state index contributed by atoms with van der Waals surface area (Å²) >= 11 is 3.03. The van der Waals surface area contributed by atoms with Crippen molar-refractivity contribution < 1.29 is 8.78 Å². The molecular formula is C11H14BrF2N. The average molecular weight is 278 g/mol. The molecule has 0 aliphatic rings. The maximum absolute atomic E-state index is 13.5. The summed E-state index contributed by atoms with van der Waals surface area (Å²) in [6, 6.07) is 1.79. The highest BCUT2D eigenvalue weighted by Gasteiger charge is 2.27. The van der Waals surface area contributed by atoms with Crippen molar-refractivity contribution in [1.29, 1.82) is 0 Å². The van der Waals surface area contributed by atoms with Gasteiger partial charge < -0.3 is 5.73 Å². The molecule has 2 N–H and O–H groups in total. The number of hydrogen-bond acceptors (Lipinski definition) is 1. The van der Waals surface area contributed by atoms with Gasteiger partial charge >= 0.3 is 0 Å². The van der Waals surface area contributed by atoms with Gasteiger partial charge in [-0.2, -0.15) is 0 Å². The lowest BCUT2D eigenvalue weighted by Crippen LogP contribution is -2.28. The Morgan fingerprint density at radius 3 is 1.93 bits per heavy atom. The molecule has 1 aromatic rings. The fourth-order valence-corrected chi connectivity index (χ4v) is 1.69. The lowest BCUT2D eigenvalue weighted by molar-refractivity contribution is 0.310. The molecule has 0 aliphatic carbocycles. The van der Waals surface area contributed by atoms with Gasteiger partial charge in [0.1, 0.15) is 11.6 Å². The van der Waals surface area contributed by atoms with Crippen LogP contribution in [0.5, 0.6) is 0 Å². The largest absolute Gasteiger partial charge is 0.323 e. The minimum atomic E-state index is -0.661. The van der Waals surface area contributed by atoms with Crippen LogP contribution in [0.3, 0.4) is 0 Å². The van der Waals surface area contributed by atoms with E-state index in [9.17, 15) is 8.78 Å². The smallest absolute Gasteiger partial charge is 0.132 e. The van der Waals surface area contributed by atoms with E-state index < -0.39 is 17.7 Å². The van der Waals surface area contributed by atoms with Gasteiger partial charge in [-0.3, -0.25) is 0 Å². The van der Waals surface area contributed by atoms with E-state index in [4.69, 9.17) is 5.73 Å². The summed E-state index contributed by atoms with van der Waals surface area (Å²) in [4.78, 5) is 0. The van der Waals surface area contributed by atoms with Gasteiger partial charge in [-0.05, 0) is 17.5 Å². The van der Waals surface area contributed by atoms with Crippen LogP contribution in [0.25, 0.3) is 0 Å². The fourth-order valence-electron chi connectivity index (χ4n) is 1.28. The molecule has 0 spiro atoms. The van der Waals surface area contributed by atoms with E-state index in [-0.39, 0.29) is 11.0 Å². The Kier molecular flexibility index (Phi) is 3.51. The molecular weight excluding hydrogens is 264 g/mol. The monoisotopic (exact) mass is 277 g/mol. The van der Waals surface area contributed by atoms with Crippen molar-refractivity contribution in [1.82, 2.24) is 0 Å². The summed E-state index contributed by atoms with van der Waals surface area (Å²) < 4.78 is 27.5. The Morgan fingerprint density at radius 1 is 1.20 bits per heavy atom. The van der Waals surface area contributed by atoms with Crippen molar-refractivity contribution in [2.75, 3.05) is 0 Å². The van der Waals surface area contributed by atoms with Gasteiger partial charge in [0.15, 0.2) is 0 Å². The maximum Gasteiger partial charge on any atom is 0.132 e. The normalized spacial score (nSPS) is 14.1. The molecule has 1 atom stereocenters. The molecule has 0 aromatic heterocycles. The first kappa shape index (κ1) is 12.6. The summed E-state index contributed by atoms with van der Waals surface area (Å²) in [5.41, 5.74) is 5.40. The molecule has 0 heterocycles. The van der Waals surface area contributed by atoms with E-state index >= 15 is 0 Å². The van der Waals surface area contributed by atoms with Crippen LogP contribution in [-0.4, -0.2) is 0 Å². The van der Waals surface area contributed by atoms with Gasteiger partial charge in [0.25, 0.3) is 0 Å². The first-order chi connectivity index (χ1) is 6.73. The van der Waals surface area contributed by atoms with Crippen LogP contribution in [0.15, 0.2) is 16.6 Å². The molecule has 0 fully saturated rings. The Morgan fingerprint density at radius 2 is 1.60 bits per heavy atom. The van der Waals surface area contributed by atoms with E-state index in [2.05, 4.69) is 15.9 Å². The lowest BCUT2D eigenvalue weighted by Gasteiger charge is -2.28. The molecule has 0 saturated carbocycles. The molecule has 1 unspecified atom stereocenters. The third kappa shape index (κ3) is 2.75. The third-order valence-corrected chi connectivity index (χ3v) is 2.75. The second kappa shape index (κ2) is 4.18. The maximum atomic E-state index is 13.5. The number of benzene rings is 1. The number of hydrogen-bond donors (Lipinski definition) is 1. The Hall–Kier alpha value is -0.480. The second-order valence-electron chi connectivity index (χ2n) is 4.63. The highest BCUT2D eigenvalue weighted by atomic mass is 79.9. The van der Waals surface area contributed by atoms with Gasteiger partial charge in [0.05, 0.1) is 0 Å². The first-order valence-electron chi connectivity index (χ1n) is 4.63. The highest BCUT2D eigenvalue weighted by Crippen LogP contribution is 2.34. The van der Waals surface area contributed by atoms with E-state index in [1.54, 1.807) is 0 Å². The van der Waals surface area contributed by atoms with E-state index in [0.29, 0.717) is 4.47 Å². The number of nitrogens with two attached hydrogens (primary N) is 1. The van der Waals surface area contributed by atoms with Gasteiger partial charge in [-0.1, -0.05) is 36.7 Å². The lowest BCUT2D eigenvalue weighted by atomic mass is 9.82. The van der Waals surface area contributed by atoms with E-state index in [1.807, 2.05) is 20.8 Å². The summed E-state index contributed by atoms with van der Waals surface area (Å²) in [5.74, 6) is -1.21. The standard InChI is InChI=1S/C11H14BrF2N/c1-11(2,3)10(15)9-7(13)4-6(12)5-8(9)14/h4-5,10H,15H2,1-3H3. The van der Waals surface area contributed by atoms with Crippen LogP contribution < -0.4 is 5.73 Å². The summed E-state index contributed by atoms with van der Waals surface area (Å²) in [6.45, 7) is 5.54. The molecule has 0 saturated heterocycles. The molecule has 0 amide bonds. The highest BCUT2D eigenvalue weighted by molar-refractivity contribution is 9.10. The Bertz CT molecular complexity index is 348. The molecule has 0 aliphatic heterocycles. The second-order valence-corrected chi connectivity index (χ2v) is 5.54. The summed E-state index contributed by atoms with van der Waals surface area (Å²) in [6.07, 6.45) is 0.